The summed E-state index contributed by atoms with van der Waals surface area (Å²) in [6.45, 7) is 4.12. The van der Waals surface area contributed by atoms with E-state index in [0.29, 0.717) is 0 Å². The molecule has 10 heteroatoms. The SMILES string of the molecule is CCOC(=O)[C@](NC(=O)c1ccccc1OCC)(Nc1ccc(C(C)=O)cc1)C(F)(F)F. The molecule has 32 heavy (non-hydrogen) atoms. The summed E-state index contributed by atoms with van der Waals surface area (Å²) >= 11 is 0. The number of carbonyl (C=O) groups excluding carboxylic acids is 3. The first-order valence-electron chi connectivity index (χ1n) is 9.73. The van der Waals surface area contributed by atoms with Gasteiger partial charge in [0.05, 0.1) is 18.8 Å². The molecular formula is C22H23F3N2O5. The minimum atomic E-state index is -5.30. The summed E-state index contributed by atoms with van der Waals surface area (Å²) in [6.07, 6.45) is -5.30. The quantitative estimate of drug-likeness (QED) is 0.340. The molecule has 0 saturated carbocycles. The Balaban J connectivity index is 2.53. The van der Waals surface area contributed by atoms with Crippen LogP contribution in [0.5, 0.6) is 5.75 Å². The number of nitrogens with one attached hydrogen (secondary N) is 2. The zero-order valence-corrected chi connectivity index (χ0v) is 17.7. The molecule has 0 spiro atoms. The van der Waals surface area contributed by atoms with E-state index >= 15 is 0 Å². The maximum absolute atomic E-state index is 14.3. The molecule has 0 radical (unpaired) electrons. The van der Waals surface area contributed by atoms with Crippen molar-refractivity contribution < 1.29 is 37.0 Å². The largest absolute Gasteiger partial charge is 0.493 e. The average molecular weight is 452 g/mol. The fourth-order valence-corrected chi connectivity index (χ4v) is 2.81. The summed E-state index contributed by atoms with van der Waals surface area (Å²) in [5.74, 6) is -3.18. The number of carbonyl (C=O) groups is 3. The van der Waals surface area contributed by atoms with Crippen LogP contribution in [0.3, 0.4) is 0 Å². The van der Waals surface area contributed by atoms with Crippen molar-refractivity contribution in [3.05, 3.63) is 59.7 Å². The lowest BCUT2D eigenvalue weighted by Gasteiger charge is -2.35. The lowest BCUT2D eigenvalue weighted by Crippen LogP contribution is -2.69. The van der Waals surface area contributed by atoms with E-state index in [1.807, 2.05) is 0 Å². The Hall–Kier alpha value is -3.56. The molecule has 0 heterocycles. The number of benzene rings is 2. The van der Waals surface area contributed by atoms with E-state index in [1.165, 1.54) is 56.3 Å². The van der Waals surface area contributed by atoms with Gasteiger partial charge in [0.25, 0.3) is 5.91 Å². The third-order valence-electron chi connectivity index (χ3n) is 4.36. The van der Waals surface area contributed by atoms with Crippen molar-refractivity contribution in [2.75, 3.05) is 18.5 Å². The third kappa shape index (κ3) is 5.37. The maximum atomic E-state index is 14.3. The van der Waals surface area contributed by atoms with Gasteiger partial charge in [-0.05, 0) is 57.2 Å². The molecule has 0 aliphatic rings. The number of rotatable bonds is 9. The summed E-state index contributed by atoms with van der Waals surface area (Å²) in [5.41, 5.74) is -3.70. The van der Waals surface area contributed by atoms with Crippen LogP contribution in [0.15, 0.2) is 48.5 Å². The van der Waals surface area contributed by atoms with Crippen molar-refractivity contribution in [2.45, 2.75) is 32.6 Å². The predicted octanol–water partition coefficient (Wildman–Crippen LogP) is 3.95. The average Bonchev–Trinajstić information content (AvgIpc) is 2.73. The fourth-order valence-electron chi connectivity index (χ4n) is 2.81. The molecule has 1 amide bonds. The normalized spacial score (nSPS) is 12.9. The zero-order valence-electron chi connectivity index (χ0n) is 17.7. The van der Waals surface area contributed by atoms with Gasteiger partial charge in [-0.15, -0.1) is 0 Å². The summed E-state index contributed by atoms with van der Waals surface area (Å²) < 4.78 is 52.9. The second-order valence-corrected chi connectivity index (χ2v) is 6.61. The number of Topliss-reactive ketones (excluding diaryl/α,β-unsaturated/α-hetero) is 1. The monoisotopic (exact) mass is 452 g/mol. The first kappa shape index (κ1) is 24.7. The van der Waals surface area contributed by atoms with Crippen molar-refractivity contribution >= 4 is 23.3 Å². The van der Waals surface area contributed by atoms with Crippen LogP contribution in [0.25, 0.3) is 0 Å². The molecule has 0 unspecified atom stereocenters. The lowest BCUT2D eigenvalue weighted by molar-refractivity contribution is -0.204. The summed E-state index contributed by atoms with van der Waals surface area (Å²) in [4.78, 5) is 36.9. The van der Waals surface area contributed by atoms with E-state index in [0.717, 1.165) is 0 Å². The number of ketones is 1. The van der Waals surface area contributed by atoms with Crippen LogP contribution in [-0.2, 0) is 9.53 Å². The molecule has 0 bridgehead atoms. The zero-order chi connectivity index (χ0) is 23.9. The maximum Gasteiger partial charge on any atom is 0.441 e. The van der Waals surface area contributed by atoms with Crippen LogP contribution in [0.2, 0.25) is 0 Å². The van der Waals surface area contributed by atoms with Gasteiger partial charge in [0.2, 0.25) is 0 Å². The first-order chi connectivity index (χ1) is 15.1. The third-order valence-corrected chi connectivity index (χ3v) is 4.36. The molecule has 1 atom stereocenters. The fraction of sp³-hybridized carbons (Fsp3) is 0.318. The van der Waals surface area contributed by atoms with E-state index in [1.54, 1.807) is 18.3 Å². The number of hydrogen-bond donors (Lipinski definition) is 2. The predicted molar refractivity (Wildman–Crippen MR) is 111 cm³/mol. The molecule has 0 aliphatic heterocycles. The van der Waals surface area contributed by atoms with Gasteiger partial charge in [-0.1, -0.05) is 12.1 Å². The molecule has 2 N–H and O–H groups in total. The van der Waals surface area contributed by atoms with Crippen molar-refractivity contribution in [3.63, 3.8) is 0 Å². The summed E-state index contributed by atoms with van der Waals surface area (Å²) in [6, 6.07) is 10.7. The Labute approximate surface area is 182 Å². The Morgan fingerprint density at radius 3 is 2.09 bits per heavy atom. The highest BCUT2D eigenvalue weighted by molar-refractivity contribution is 6.01. The van der Waals surface area contributed by atoms with Crippen LogP contribution in [0, 0.1) is 0 Å². The molecule has 7 nitrogen and oxygen atoms in total. The van der Waals surface area contributed by atoms with Crippen molar-refractivity contribution in [3.8, 4) is 5.75 Å². The van der Waals surface area contributed by atoms with Gasteiger partial charge in [-0.3, -0.25) is 9.59 Å². The number of hydrogen-bond acceptors (Lipinski definition) is 6. The van der Waals surface area contributed by atoms with Crippen LogP contribution in [-0.4, -0.2) is 42.7 Å². The number of esters is 1. The number of para-hydroxylation sites is 1. The number of anilines is 1. The van der Waals surface area contributed by atoms with Gasteiger partial charge >= 0.3 is 17.8 Å². The lowest BCUT2D eigenvalue weighted by atomic mass is 10.1. The number of amides is 1. The van der Waals surface area contributed by atoms with E-state index < -0.39 is 23.7 Å². The van der Waals surface area contributed by atoms with Crippen molar-refractivity contribution in [1.29, 1.82) is 0 Å². The van der Waals surface area contributed by atoms with Crippen LogP contribution < -0.4 is 15.4 Å². The van der Waals surface area contributed by atoms with E-state index in [-0.39, 0.29) is 41.6 Å². The number of ether oxygens (including phenoxy) is 2. The Morgan fingerprint density at radius 2 is 1.56 bits per heavy atom. The standard InChI is InChI=1S/C22H23F3N2O5/c1-4-31-18-9-7-6-8-17(18)19(29)27-21(22(23,24)25,20(30)32-5-2)26-16-12-10-15(11-13-16)14(3)28/h6-13,26H,4-5H2,1-3H3,(H,27,29)/t21-/m1/s1. The Kier molecular flexibility index (Phi) is 7.85. The Morgan fingerprint density at radius 1 is 0.938 bits per heavy atom. The topological polar surface area (TPSA) is 93.7 Å². The highest BCUT2D eigenvalue weighted by Gasteiger charge is 2.63. The van der Waals surface area contributed by atoms with Gasteiger partial charge in [0.15, 0.2) is 5.78 Å². The van der Waals surface area contributed by atoms with Gasteiger partial charge in [0.1, 0.15) is 5.75 Å². The highest BCUT2D eigenvalue weighted by atomic mass is 19.4. The van der Waals surface area contributed by atoms with Gasteiger partial charge < -0.3 is 20.1 Å². The molecule has 2 rings (SSSR count). The van der Waals surface area contributed by atoms with Gasteiger partial charge in [-0.2, -0.15) is 13.2 Å². The van der Waals surface area contributed by atoms with E-state index in [2.05, 4.69) is 10.1 Å². The second-order valence-electron chi connectivity index (χ2n) is 6.61. The highest BCUT2D eigenvalue weighted by Crippen LogP contribution is 2.34. The van der Waals surface area contributed by atoms with Crippen LogP contribution in [0.1, 0.15) is 41.5 Å². The number of halogens is 3. The molecule has 2 aromatic carbocycles. The summed E-state index contributed by atoms with van der Waals surface area (Å²) in [7, 11) is 0. The van der Waals surface area contributed by atoms with Crippen molar-refractivity contribution in [2.24, 2.45) is 0 Å². The number of alkyl halides is 3. The molecule has 0 aromatic heterocycles. The molecule has 2 aromatic rings. The van der Waals surface area contributed by atoms with Crippen LogP contribution in [0.4, 0.5) is 18.9 Å². The van der Waals surface area contributed by atoms with Crippen LogP contribution >= 0.6 is 0 Å². The van der Waals surface area contributed by atoms with E-state index in [9.17, 15) is 27.6 Å². The second kappa shape index (κ2) is 10.2. The summed E-state index contributed by atoms with van der Waals surface area (Å²) in [5, 5.41) is 3.81. The van der Waals surface area contributed by atoms with E-state index in [4.69, 9.17) is 4.74 Å². The molecule has 0 saturated heterocycles. The molecule has 0 aliphatic carbocycles. The van der Waals surface area contributed by atoms with Gasteiger partial charge in [-0.25, -0.2) is 4.79 Å². The van der Waals surface area contributed by atoms with Crippen molar-refractivity contribution in [1.82, 2.24) is 5.32 Å². The first-order valence-corrected chi connectivity index (χ1v) is 9.73. The smallest absolute Gasteiger partial charge is 0.441 e. The minimum absolute atomic E-state index is 0.0539. The Bertz CT molecular complexity index is 976. The molecular weight excluding hydrogens is 429 g/mol. The molecule has 0 fully saturated rings. The minimum Gasteiger partial charge on any atom is -0.493 e. The molecule has 172 valence electrons. The van der Waals surface area contributed by atoms with Gasteiger partial charge in [0, 0.05) is 11.3 Å².